The van der Waals surface area contributed by atoms with E-state index in [1.54, 1.807) is 19.1 Å². The van der Waals surface area contributed by atoms with Gasteiger partial charge in [0, 0.05) is 28.6 Å². The van der Waals surface area contributed by atoms with Gasteiger partial charge in [0.05, 0.1) is 12.6 Å². The molecule has 1 aromatic heterocycles. The molecule has 3 aromatic rings. The predicted octanol–water partition coefficient (Wildman–Crippen LogP) is 3.04. The van der Waals surface area contributed by atoms with Crippen molar-refractivity contribution in [1.82, 2.24) is 10.3 Å². The highest BCUT2D eigenvalue weighted by atomic mass is 16.5. The molecule has 25 heavy (non-hydrogen) atoms. The first-order valence-corrected chi connectivity index (χ1v) is 8.49. The van der Waals surface area contributed by atoms with E-state index in [0.29, 0.717) is 13.0 Å². The van der Waals surface area contributed by atoms with Crippen LogP contribution >= 0.6 is 0 Å². The van der Waals surface area contributed by atoms with Crippen molar-refractivity contribution in [2.75, 3.05) is 6.61 Å². The summed E-state index contributed by atoms with van der Waals surface area (Å²) in [5, 5.41) is 14.8. The molecule has 1 aliphatic heterocycles. The van der Waals surface area contributed by atoms with Gasteiger partial charge in [-0.25, -0.2) is 0 Å². The van der Waals surface area contributed by atoms with Crippen molar-refractivity contribution in [3.8, 4) is 5.75 Å². The van der Waals surface area contributed by atoms with Gasteiger partial charge >= 0.3 is 5.97 Å². The standard InChI is InChI=1S/C20H20N2O3/c1-2-25-20(24)16-11-14-12-7-3-5-9-15(12)21-19(14)18(22-16)13-8-4-6-10-17(13)23/h3-10,16,18,21-23H,2,11H2,1H3/t16?,18-/m0/s1. The molecular weight excluding hydrogens is 316 g/mol. The highest BCUT2D eigenvalue weighted by molar-refractivity contribution is 5.87. The maximum absolute atomic E-state index is 12.4. The van der Waals surface area contributed by atoms with E-state index in [0.717, 1.165) is 27.7 Å². The molecule has 0 aliphatic carbocycles. The number of aromatic amines is 1. The summed E-state index contributed by atoms with van der Waals surface area (Å²) in [6.45, 7) is 2.15. The topological polar surface area (TPSA) is 74.4 Å². The summed E-state index contributed by atoms with van der Waals surface area (Å²) in [6.07, 6.45) is 0.558. The fourth-order valence-electron chi connectivity index (χ4n) is 3.61. The van der Waals surface area contributed by atoms with Crippen molar-refractivity contribution in [1.29, 1.82) is 0 Å². The summed E-state index contributed by atoms with van der Waals surface area (Å²) in [7, 11) is 0. The Morgan fingerprint density at radius 3 is 2.76 bits per heavy atom. The molecule has 4 rings (SSSR count). The molecule has 0 radical (unpaired) electrons. The van der Waals surface area contributed by atoms with Gasteiger partial charge in [0.15, 0.2) is 0 Å². The van der Waals surface area contributed by atoms with Crippen LogP contribution in [0.1, 0.15) is 29.8 Å². The molecule has 2 aromatic carbocycles. The van der Waals surface area contributed by atoms with E-state index in [1.165, 1.54) is 0 Å². The molecule has 2 heterocycles. The predicted molar refractivity (Wildman–Crippen MR) is 95.5 cm³/mol. The van der Waals surface area contributed by atoms with Crippen LogP contribution in [0.25, 0.3) is 10.9 Å². The maximum Gasteiger partial charge on any atom is 0.323 e. The molecule has 128 valence electrons. The van der Waals surface area contributed by atoms with Gasteiger partial charge in [-0.1, -0.05) is 36.4 Å². The lowest BCUT2D eigenvalue weighted by molar-refractivity contribution is -0.146. The number of hydrogen-bond donors (Lipinski definition) is 3. The van der Waals surface area contributed by atoms with E-state index in [4.69, 9.17) is 4.74 Å². The number of phenols is 1. The van der Waals surface area contributed by atoms with Gasteiger partial charge in [0.25, 0.3) is 0 Å². The monoisotopic (exact) mass is 336 g/mol. The largest absolute Gasteiger partial charge is 0.508 e. The first kappa shape index (κ1) is 15.7. The fraction of sp³-hybridized carbons (Fsp3) is 0.250. The molecule has 5 heteroatoms. The lowest BCUT2D eigenvalue weighted by Gasteiger charge is -2.30. The van der Waals surface area contributed by atoms with E-state index in [9.17, 15) is 9.90 Å². The van der Waals surface area contributed by atoms with Crippen LogP contribution in [0.2, 0.25) is 0 Å². The minimum atomic E-state index is -0.448. The second-order valence-electron chi connectivity index (χ2n) is 6.23. The van der Waals surface area contributed by atoms with Crippen LogP contribution in [-0.4, -0.2) is 28.7 Å². The number of ether oxygens (including phenoxy) is 1. The Labute approximate surface area is 145 Å². The molecule has 0 bridgehead atoms. The third-order valence-electron chi connectivity index (χ3n) is 4.73. The Hall–Kier alpha value is -2.79. The average molecular weight is 336 g/mol. The SMILES string of the molecule is CCOC(=O)C1Cc2c([nH]c3ccccc23)[C@H](c2ccccc2O)N1. The molecule has 0 spiro atoms. The molecular formula is C20H20N2O3. The zero-order valence-electron chi connectivity index (χ0n) is 14.0. The van der Waals surface area contributed by atoms with Crippen LogP contribution in [0.5, 0.6) is 5.75 Å². The van der Waals surface area contributed by atoms with Crippen molar-refractivity contribution < 1.29 is 14.6 Å². The Morgan fingerprint density at radius 1 is 1.20 bits per heavy atom. The van der Waals surface area contributed by atoms with Crippen molar-refractivity contribution in [2.24, 2.45) is 0 Å². The summed E-state index contributed by atoms with van der Waals surface area (Å²) in [5.41, 5.74) is 3.85. The zero-order chi connectivity index (χ0) is 17.4. The third-order valence-corrected chi connectivity index (χ3v) is 4.73. The molecule has 0 fully saturated rings. The Morgan fingerprint density at radius 2 is 1.96 bits per heavy atom. The molecule has 0 amide bonds. The van der Waals surface area contributed by atoms with Gasteiger partial charge < -0.3 is 14.8 Å². The van der Waals surface area contributed by atoms with Gasteiger partial charge in [-0.3, -0.25) is 10.1 Å². The number of carbonyl (C=O) groups excluding carboxylic acids is 1. The lowest BCUT2D eigenvalue weighted by atomic mass is 9.90. The van der Waals surface area contributed by atoms with Crippen molar-refractivity contribution in [2.45, 2.75) is 25.4 Å². The van der Waals surface area contributed by atoms with Crippen LogP contribution in [0.15, 0.2) is 48.5 Å². The summed E-state index contributed by atoms with van der Waals surface area (Å²) in [5.74, 6) is -0.0621. The van der Waals surface area contributed by atoms with Crippen LogP contribution in [0, 0.1) is 0 Å². The van der Waals surface area contributed by atoms with Crippen molar-refractivity contribution >= 4 is 16.9 Å². The first-order valence-electron chi connectivity index (χ1n) is 8.49. The molecule has 2 atom stereocenters. The minimum Gasteiger partial charge on any atom is -0.508 e. The number of benzene rings is 2. The number of H-pyrrole nitrogens is 1. The molecule has 1 aliphatic rings. The maximum atomic E-state index is 12.4. The van der Waals surface area contributed by atoms with Crippen molar-refractivity contribution in [3.05, 3.63) is 65.4 Å². The highest BCUT2D eigenvalue weighted by Gasteiger charge is 2.35. The number of aromatic nitrogens is 1. The quantitative estimate of drug-likeness (QED) is 0.643. The van der Waals surface area contributed by atoms with Gasteiger partial charge in [0.1, 0.15) is 11.8 Å². The molecule has 0 saturated heterocycles. The molecule has 0 saturated carbocycles. The summed E-state index contributed by atoms with van der Waals surface area (Å²) < 4.78 is 5.23. The van der Waals surface area contributed by atoms with Crippen LogP contribution < -0.4 is 5.32 Å². The van der Waals surface area contributed by atoms with Gasteiger partial charge in [-0.05, 0) is 24.6 Å². The average Bonchev–Trinajstić information content (AvgIpc) is 3.00. The number of carbonyl (C=O) groups is 1. The second kappa shape index (κ2) is 6.26. The lowest BCUT2D eigenvalue weighted by Crippen LogP contribution is -2.45. The van der Waals surface area contributed by atoms with Crippen LogP contribution in [-0.2, 0) is 16.0 Å². The molecule has 5 nitrogen and oxygen atoms in total. The van der Waals surface area contributed by atoms with E-state index < -0.39 is 6.04 Å². The Balaban J connectivity index is 1.86. The highest BCUT2D eigenvalue weighted by Crippen LogP contribution is 2.37. The number of nitrogens with one attached hydrogen (secondary N) is 2. The number of aromatic hydroxyl groups is 1. The summed E-state index contributed by atoms with van der Waals surface area (Å²) in [4.78, 5) is 15.8. The van der Waals surface area contributed by atoms with Crippen LogP contribution in [0.4, 0.5) is 0 Å². The molecule has 3 N–H and O–H groups in total. The molecule has 1 unspecified atom stereocenters. The summed E-state index contributed by atoms with van der Waals surface area (Å²) in [6, 6.07) is 14.5. The van der Waals surface area contributed by atoms with Gasteiger partial charge in [-0.15, -0.1) is 0 Å². The fourth-order valence-corrected chi connectivity index (χ4v) is 3.61. The number of para-hydroxylation sites is 2. The van der Waals surface area contributed by atoms with E-state index in [2.05, 4.69) is 16.4 Å². The number of phenolic OH excluding ortho intramolecular Hbond substituents is 1. The number of esters is 1. The normalized spacial score (nSPS) is 19.6. The Bertz CT molecular complexity index is 932. The zero-order valence-corrected chi connectivity index (χ0v) is 14.0. The van der Waals surface area contributed by atoms with Gasteiger partial charge in [0.2, 0.25) is 0 Å². The van der Waals surface area contributed by atoms with E-state index in [1.807, 2.05) is 30.3 Å². The minimum absolute atomic E-state index is 0.203. The number of fused-ring (bicyclic) bond motifs is 3. The van der Waals surface area contributed by atoms with Crippen LogP contribution in [0.3, 0.4) is 0 Å². The van der Waals surface area contributed by atoms with Gasteiger partial charge in [-0.2, -0.15) is 0 Å². The smallest absolute Gasteiger partial charge is 0.323 e. The van der Waals surface area contributed by atoms with E-state index >= 15 is 0 Å². The number of hydrogen-bond acceptors (Lipinski definition) is 4. The Kier molecular flexibility index (Phi) is 3.93. The third kappa shape index (κ3) is 2.66. The first-order chi connectivity index (χ1) is 12.2. The van der Waals surface area contributed by atoms with E-state index in [-0.39, 0.29) is 17.8 Å². The number of rotatable bonds is 3. The second-order valence-corrected chi connectivity index (χ2v) is 6.23. The summed E-state index contributed by atoms with van der Waals surface area (Å²) >= 11 is 0. The van der Waals surface area contributed by atoms with Crippen molar-refractivity contribution in [3.63, 3.8) is 0 Å².